The molecule has 0 aliphatic carbocycles. The van der Waals surface area contributed by atoms with E-state index in [1.54, 1.807) is 11.3 Å². The van der Waals surface area contributed by atoms with E-state index in [9.17, 15) is 0 Å². The molecule has 0 saturated carbocycles. The predicted molar refractivity (Wildman–Crippen MR) is 80.9 cm³/mol. The van der Waals surface area contributed by atoms with E-state index in [4.69, 9.17) is 11.6 Å². The molecule has 1 aromatic heterocycles. The third-order valence-electron chi connectivity index (χ3n) is 3.39. The zero-order valence-electron chi connectivity index (χ0n) is 11.2. The molecule has 0 saturated heterocycles. The number of hydrogen-bond donors (Lipinski definition) is 1. The van der Waals surface area contributed by atoms with Gasteiger partial charge in [0.05, 0.1) is 11.1 Å². The Morgan fingerprint density at radius 2 is 1.78 bits per heavy atom. The Kier molecular flexibility index (Phi) is 4.10. The Morgan fingerprint density at radius 1 is 1.11 bits per heavy atom. The van der Waals surface area contributed by atoms with Gasteiger partial charge in [-0.1, -0.05) is 23.7 Å². The van der Waals surface area contributed by atoms with Gasteiger partial charge in [-0.15, -0.1) is 11.3 Å². The summed E-state index contributed by atoms with van der Waals surface area (Å²) in [5, 5.41) is 6.26. The van der Waals surface area contributed by atoms with Crippen molar-refractivity contribution in [3.63, 3.8) is 0 Å². The Labute approximate surface area is 118 Å². The number of aryl methyl sites for hydroxylation is 3. The summed E-state index contributed by atoms with van der Waals surface area (Å²) in [6, 6.07) is 6.65. The molecule has 1 atom stereocenters. The predicted octanol–water partition coefficient (Wildman–Crippen LogP) is 4.64. The van der Waals surface area contributed by atoms with Gasteiger partial charge in [0.25, 0.3) is 0 Å². The lowest BCUT2D eigenvalue weighted by Gasteiger charge is -2.20. The highest BCUT2D eigenvalue weighted by Gasteiger charge is 2.18. The van der Waals surface area contributed by atoms with E-state index in [0.717, 1.165) is 5.02 Å². The molecule has 2 aromatic rings. The van der Waals surface area contributed by atoms with Crippen LogP contribution in [0.5, 0.6) is 0 Å². The lowest BCUT2D eigenvalue weighted by Crippen LogP contribution is -2.18. The van der Waals surface area contributed by atoms with Gasteiger partial charge in [0.2, 0.25) is 0 Å². The molecular formula is C15H18ClNS. The van der Waals surface area contributed by atoms with E-state index in [-0.39, 0.29) is 6.04 Å². The maximum Gasteiger partial charge on any atom is 0.0686 e. The van der Waals surface area contributed by atoms with Crippen molar-refractivity contribution in [1.29, 1.82) is 0 Å². The molecule has 3 heteroatoms. The number of halogens is 1. The molecular weight excluding hydrogens is 262 g/mol. The fourth-order valence-corrected chi connectivity index (χ4v) is 3.53. The van der Waals surface area contributed by atoms with E-state index in [2.05, 4.69) is 38.2 Å². The first-order valence-corrected chi connectivity index (χ1v) is 7.28. The molecule has 0 spiro atoms. The third kappa shape index (κ3) is 2.46. The van der Waals surface area contributed by atoms with Crippen LogP contribution in [0.2, 0.25) is 5.02 Å². The smallest absolute Gasteiger partial charge is 0.0686 e. The van der Waals surface area contributed by atoms with Crippen LogP contribution in [0.3, 0.4) is 0 Å². The van der Waals surface area contributed by atoms with Crippen LogP contribution in [0.4, 0.5) is 0 Å². The average molecular weight is 280 g/mol. The highest BCUT2D eigenvalue weighted by molar-refractivity contribution is 7.10. The molecule has 2 rings (SSSR count). The Balaban J connectivity index is 2.52. The van der Waals surface area contributed by atoms with E-state index in [1.165, 1.54) is 27.1 Å². The van der Waals surface area contributed by atoms with E-state index < -0.39 is 0 Å². The lowest BCUT2D eigenvalue weighted by atomic mass is 9.95. The van der Waals surface area contributed by atoms with Gasteiger partial charge >= 0.3 is 0 Å². The molecule has 0 aliphatic rings. The van der Waals surface area contributed by atoms with Crippen molar-refractivity contribution < 1.29 is 0 Å². The Bertz CT molecular complexity index is 560. The maximum absolute atomic E-state index is 6.26. The highest BCUT2D eigenvalue weighted by Crippen LogP contribution is 2.34. The summed E-state index contributed by atoms with van der Waals surface area (Å²) in [7, 11) is 1.98. The summed E-state index contributed by atoms with van der Waals surface area (Å²) < 4.78 is 0. The van der Waals surface area contributed by atoms with Crippen LogP contribution < -0.4 is 5.32 Å². The second kappa shape index (κ2) is 5.43. The summed E-state index contributed by atoms with van der Waals surface area (Å²) in [5.41, 5.74) is 5.28. The first-order valence-electron chi connectivity index (χ1n) is 6.02. The van der Waals surface area contributed by atoms with Crippen molar-refractivity contribution in [3.05, 3.63) is 55.7 Å². The van der Waals surface area contributed by atoms with Gasteiger partial charge in [0.15, 0.2) is 0 Å². The standard InChI is InChI=1S/C15H18ClNS/c1-9-7-11(3)12(8-10(9)2)14(17-4)15-13(16)5-6-18-15/h5-8,14,17H,1-4H3. The molecule has 0 aliphatic heterocycles. The van der Waals surface area contributed by atoms with Crippen LogP contribution in [0.25, 0.3) is 0 Å². The van der Waals surface area contributed by atoms with Crippen LogP contribution in [0.1, 0.15) is 33.2 Å². The minimum Gasteiger partial charge on any atom is -0.309 e. The summed E-state index contributed by atoms with van der Waals surface area (Å²) in [6.07, 6.45) is 0. The van der Waals surface area contributed by atoms with Gasteiger partial charge in [-0.3, -0.25) is 0 Å². The van der Waals surface area contributed by atoms with E-state index in [1.807, 2.05) is 18.5 Å². The molecule has 18 heavy (non-hydrogen) atoms. The summed E-state index contributed by atoms with van der Waals surface area (Å²) >= 11 is 7.96. The van der Waals surface area contributed by atoms with Gasteiger partial charge in [-0.2, -0.15) is 0 Å². The SMILES string of the molecule is CNC(c1cc(C)c(C)cc1C)c1sccc1Cl. The fraction of sp³-hybridized carbons (Fsp3) is 0.333. The molecule has 0 radical (unpaired) electrons. The van der Waals surface area contributed by atoms with Crippen LogP contribution in [-0.2, 0) is 0 Å². The van der Waals surface area contributed by atoms with Gasteiger partial charge in [-0.25, -0.2) is 0 Å². The number of rotatable bonds is 3. The van der Waals surface area contributed by atoms with Crippen molar-refractivity contribution in [2.75, 3.05) is 7.05 Å². The van der Waals surface area contributed by atoms with Gasteiger partial charge < -0.3 is 5.32 Å². The molecule has 1 aromatic carbocycles. The molecule has 1 unspecified atom stereocenters. The van der Waals surface area contributed by atoms with Crippen molar-refractivity contribution in [2.24, 2.45) is 0 Å². The molecule has 96 valence electrons. The molecule has 1 nitrogen and oxygen atoms in total. The number of nitrogens with one attached hydrogen (secondary N) is 1. The van der Waals surface area contributed by atoms with Crippen molar-refractivity contribution in [3.8, 4) is 0 Å². The number of benzene rings is 1. The minimum atomic E-state index is 0.178. The molecule has 0 amide bonds. The average Bonchev–Trinajstić information content (AvgIpc) is 2.73. The van der Waals surface area contributed by atoms with E-state index in [0.29, 0.717) is 0 Å². The number of hydrogen-bond acceptors (Lipinski definition) is 2. The first kappa shape index (κ1) is 13.6. The first-order chi connectivity index (χ1) is 8.54. The normalized spacial score (nSPS) is 12.7. The monoisotopic (exact) mass is 279 g/mol. The zero-order valence-corrected chi connectivity index (χ0v) is 12.7. The van der Waals surface area contributed by atoms with Crippen molar-refractivity contribution in [1.82, 2.24) is 5.32 Å². The Hall–Kier alpha value is -0.830. The van der Waals surface area contributed by atoms with Gasteiger partial charge in [0.1, 0.15) is 0 Å². The maximum atomic E-state index is 6.26. The number of thiophene rings is 1. The minimum absolute atomic E-state index is 0.178. The Morgan fingerprint density at radius 3 is 2.33 bits per heavy atom. The van der Waals surface area contributed by atoms with Crippen LogP contribution in [-0.4, -0.2) is 7.05 Å². The second-order valence-corrected chi connectivity index (χ2v) is 6.00. The van der Waals surface area contributed by atoms with Crippen molar-refractivity contribution in [2.45, 2.75) is 26.8 Å². The molecule has 0 bridgehead atoms. The van der Waals surface area contributed by atoms with Gasteiger partial charge in [-0.05, 0) is 61.5 Å². The summed E-state index contributed by atoms with van der Waals surface area (Å²) in [4.78, 5) is 1.19. The highest BCUT2D eigenvalue weighted by atomic mass is 35.5. The van der Waals surface area contributed by atoms with Crippen LogP contribution in [0.15, 0.2) is 23.6 Å². The van der Waals surface area contributed by atoms with Crippen LogP contribution >= 0.6 is 22.9 Å². The largest absolute Gasteiger partial charge is 0.309 e. The third-order valence-corrected chi connectivity index (χ3v) is 4.81. The second-order valence-electron chi connectivity index (χ2n) is 4.65. The summed E-state index contributed by atoms with van der Waals surface area (Å²) in [5.74, 6) is 0. The lowest BCUT2D eigenvalue weighted by molar-refractivity contribution is 0.698. The van der Waals surface area contributed by atoms with Crippen molar-refractivity contribution >= 4 is 22.9 Å². The zero-order chi connectivity index (χ0) is 13.3. The van der Waals surface area contributed by atoms with Crippen LogP contribution in [0, 0.1) is 20.8 Å². The quantitative estimate of drug-likeness (QED) is 0.863. The summed E-state index contributed by atoms with van der Waals surface area (Å²) in [6.45, 7) is 6.47. The topological polar surface area (TPSA) is 12.0 Å². The molecule has 1 heterocycles. The van der Waals surface area contributed by atoms with Gasteiger partial charge in [0, 0.05) is 4.88 Å². The van der Waals surface area contributed by atoms with E-state index >= 15 is 0 Å². The molecule has 0 fully saturated rings. The fourth-order valence-electron chi connectivity index (χ4n) is 2.23. The molecule has 1 N–H and O–H groups in total.